The lowest BCUT2D eigenvalue weighted by Gasteiger charge is -2.54. The van der Waals surface area contributed by atoms with E-state index in [4.69, 9.17) is 4.74 Å². The molecular formula is C20H25N3O4S. The first-order valence-corrected chi connectivity index (χ1v) is 11.7. The molecule has 1 aromatic rings. The molecule has 2 bridgehead atoms. The molecule has 7 nitrogen and oxygen atoms in total. The zero-order valence-electron chi connectivity index (χ0n) is 15.8. The number of fused-ring (bicyclic) bond motifs is 2. The van der Waals surface area contributed by atoms with Gasteiger partial charge in [0, 0.05) is 31.2 Å². The zero-order valence-corrected chi connectivity index (χ0v) is 16.7. The summed E-state index contributed by atoms with van der Waals surface area (Å²) >= 11 is 0. The Morgan fingerprint density at radius 3 is 2.57 bits per heavy atom. The number of amides is 1. The van der Waals surface area contributed by atoms with Gasteiger partial charge in [0.15, 0.2) is 0 Å². The van der Waals surface area contributed by atoms with Crippen molar-refractivity contribution in [2.75, 3.05) is 30.3 Å². The lowest BCUT2D eigenvalue weighted by atomic mass is 9.67. The lowest BCUT2D eigenvalue weighted by Crippen LogP contribution is -2.62. The van der Waals surface area contributed by atoms with Gasteiger partial charge in [-0.1, -0.05) is 0 Å². The van der Waals surface area contributed by atoms with Crippen LogP contribution in [-0.4, -0.2) is 56.6 Å². The molecule has 4 aliphatic heterocycles. The van der Waals surface area contributed by atoms with E-state index in [1.165, 1.54) is 0 Å². The molecule has 0 atom stereocenters. The van der Waals surface area contributed by atoms with Crippen LogP contribution < -0.4 is 9.64 Å². The maximum atomic E-state index is 12.1. The lowest BCUT2D eigenvalue weighted by molar-refractivity contribution is -0.117. The standard InChI is InChI=1S/C20H25N3O4S/c24-18-2-1-11-22(18)15-3-5-17(6-4-15)27-14-20-9-7-16(8-10-20)23-12-13-28(25,26)21-19(20)23/h3-6,16H,1-2,7-14H2. The molecule has 0 unspecified atom stereocenters. The van der Waals surface area contributed by atoms with Gasteiger partial charge in [0.1, 0.15) is 18.2 Å². The molecule has 6 rings (SSSR count). The van der Waals surface area contributed by atoms with Crippen LogP contribution in [0.2, 0.25) is 0 Å². The second-order valence-electron chi connectivity index (χ2n) is 8.34. The van der Waals surface area contributed by atoms with E-state index < -0.39 is 10.0 Å². The number of benzene rings is 1. The molecule has 4 heterocycles. The minimum atomic E-state index is -3.36. The first-order chi connectivity index (χ1) is 13.5. The van der Waals surface area contributed by atoms with E-state index in [2.05, 4.69) is 9.30 Å². The molecule has 28 heavy (non-hydrogen) atoms. The average molecular weight is 404 g/mol. The number of carbonyl (C=O) groups excluding carboxylic acids is 1. The molecule has 1 aromatic carbocycles. The summed E-state index contributed by atoms with van der Waals surface area (Å²) in [6, 6.07) is 8.05. The first kappa shape index (κ1) is 18.0. The Bertz CT molecular complexity index is 917. The third-order valence-electron chi connectivity index (χ3n) is 6.65. The van der Waals surface area contributed by atoms with Gasteiger partial charge in [-0.15, -0.1) is 4.40 Å². The van der Waals surface area contributed by atoms with Crippen molar-refractivity contribution in [3.8, 4) is 5.75 Å². The molecule has 3 saturated heterocycles. The molecular weight excluding hydrogens is 378 g/mol. The summed E-state index contributed by atoms with van der Waals surface area (Å²) in [5.41, 5.74) is 0.589. The highest BCUT2D eigenvalue weighted by Gasteiger charge is 2.52. The first-order valence-electron chi connectivity index (χ1n) is 10.1. The molecule has 1 saturated carbocycles. The van der Waals surface area contributed by atoms with Crippen LogP contribution in [0.3, 0.4) is 0 Å². The van der Waals surface area contributed by atoms with Gasteiger partial charge in [-0.2, -0.15) is 0 Å². The average Bonchev–Trinajstić information content (AvgIpc) is 3.13. The van der Waals surface area contributed by atoms with E-state index in [0.717, 1.165) is 55.9 Å². The normalized spacial score (nSPS) is 30.9. The number of ether oxygens (including phenoxy) is 1. The van der Waals surface area contributed by atoms with Crippen LogP contribution in [0.1, 0.15) is 38.5 Å². The summed E-state index contributed by atoms with van der Waals surface area (Å²) < 4.78 is 34.5. The van der Waals surface area contributed by atoms with Gasteiger partial charge in [-0.3, -0.25) is 4.79 Å². The van der Waals surface area contributed by atoms with E-state index in [0.29, 0.717) is 25.6 Å². The van der Waals surface area contributed by atoms with Gasteiger partial charge >= 0.3 is 0 Å². The minimum absolute atomic E-state index is 0.112. The number of piperidine rings is 2. The van der Waals surface area contributed by atoms with Crippen LogP contribution >= 0.6 is 0 Å². The van der Waals surface area contributed by atoms with E-state index in [-0.39, 0.29) is 17.1 Å². The summed E-state index contributed by atoms with van der Waals surface area (Å²) in [6.07, 6.45) is 5.49. The molecule has 0 N–H and O–H groups in total. The van der Waals surface area contributed by atoms with Gasteiger partial charge < -0.3 is 14.5 Å². The quantitative estimate of drug-likeness (QED) is 0.770. The summed E-state index contributed by atoms with van der Waals surface area (Å²) in [7, 11) is -3.36. The van der Waals surface area contributed by atoms with Crippen LogP contribution in [-0.2, 0) is 14.8 Å². The van der Waals surface area contributed by atoms with Crippen molar-refractivity contribution in [3.63, 3.8) is 0 Å². The van der Waals surface area contributed by atoms with Gasteiger partial charge in [-0.25, -0.2) is 8.42 Å². The van der Waals surface area contributed by atoms with Crippen LogP contribution in [0, 0.1) is 5.41 Å². The van der Waals surface area contributed by atoms with Crippen molar-refractivity contribution in [1.82, 2.24) is 4.90 Å². The highest BCUT2D eigenvalue weighted by atomic mass is 32.2. The molecule has 5 aliphatic rings. The second kappa shape index (κ2) is 6.47. The highest BCUT2D eigenvalue weighted by molar-refractivity contribution is 7.90. The fourth-order valence-electron chi connectivity index (χ4n) is 5.07. The fraction of sp³-hybridized carbons (Fsp3) is 0.600. The van der Waals surface area contributed by atoms with Gasteiger partial charge in [0.2, 0.25) is 5.91 Å². The van der Waals surface area contributed by atoms with Crippen molar-refractivity contribution in [1.29, 1.82) is 0 Å². The Balaban J connectivity index is 1.34. The maximum Gasteiger partial charge on any atom is 0.256 e. The molecule has 4 fully saturated rings. The summed E-state index contributed by atoms with van der Waals surface area (Å²) in [6.45, 7) is 1.76. The zero-order chi connectivity index (χ0) is 19.4. The van der Waals surface area contributed by atoms with Crippen LogP contribution in [0.5, 0.6) is 5.75 Å². The Labute approximate surface area is 165 Å². The van der Waals surface area contributed by atoms with Gasteiger partial charge in [0.05, 0.1) is 11.2 Å². The number of nitrogens with zero attached hydrogens (tertiary/aromatic N) is 3. The Kier molecular flexibility index (Phi) is 4.15. The predicted octanol–water partition coefficient (Wildman–Crippen LogP) is 2.18. The molecule has 1 aliphatic carbocycles. The number of amidine groups is 1. The summed E-state index contributed by atoms with van der Waals surface area (Å²) in [4.78, 5) is 15.9. The number of anilines is 1. The Morgan fingerprint density at radius 2 is 1.89 bits per heavy atom. The third-order valence-corrected chi connectivity index (χ3v) is 7.80. The van der Waals surface area contributed by atoms with Gasteiger partial charge in [0.25, 0.3) is 10.0 Å². The molecule has 0 spiro atoms. The van der Waals surface area contributed by atoms with Crippen LogP contribution in [0.25, 0.3) is 0 Å². The molecule has 8 heteroatoms. The number of rotatable bonds is 4. The van der Waals surface area contributed by atoms with Crippen LogP contribution in [0.15, 0.2) is 28.7 Å². The summed E-state index contributed by atoms with van der Waals surface area (Å²) in [5.74, 6) is 1.74. The smallest absolute Gasteiger partial charge is 0.256 e. The largest absolute Gasteiger partial charge is 0.493 e. The highest BCUT2D eigenvalue weighted by Crippen LogP contribution is 2.47. The minimum Gasteiger partial charge on any atom is -0.493 e. The monoisotopic (exact) mass is 403 g/mol. The third kappa shape index (κ3) is 2.98. The molecule has 0 aromatic heterocycles. The van der Waals surface area contributed by atoms with Crippen molar-refractivity contribution < 1.29 is 17.9 Å². The molecule has 0 radical (unpaired) electrons. The number of hydrogen-bond donors (Lipinski definition) is 0. The molecule has 1 amide bonds. The predicted molar refractivity (Wildman–Crippen MR) is 106 cm³/mol. The fourth-order valence-corrected chi connectivity index (χ4v) is 6.15. The Morgan fingerprint density at radius 1 is 1.14 bits per heavy atom. The van der Waals surface area contributed by atoms with Crippen molar-refractivity contribution >= 4 is 27.5 Å². The number of hydrogen-bond acceptors (Lipinski definition) is 5. The van der Waals surface area contributed by atoms with E-state index in [1.54, 1.807) is 0 Å². The van der Waals surface area contributed by atoms with E-state index in [1.807, 2.05) is 29.2 Å². The van der Waals surface area contributed by atoms with Crippen molar-refractivity contribution in [2.45, 2.75) is 44.6 Å². The van der Waals surface area contributed by atoms with E-state index in [9.17, 15) is 13.2 Å². The van der Waals surface area contributed by atoms with E-state index >= 15 is 0 Å². The summed E-state index contributed by atoms with van der Waals surface area (Å²) in [5, 5.41) is 0. The molecule has 150 valence electrons. The van der Waals surface area contributed by atoms with Crippen LogP contribution in [0.4, 0.5) is 5.69 Å². The number of carbonyl (C=O) groups is 1. The second-order valence-corrected chi connectivity index (χ2v) is 10.1. The number of sulfonamides is 1. The maximum absolute atomic E-state index is 12.1. The van der Waals surface area contributed by atoms with Crippen molar-refractivity contribution in [3.05, 3.63) is 24.3 Å². The van der Waals surface area contributed by atoms with Gasteiger partial charge in [-0.05, 0) is 56.4 Å². The topological polar surface area (TPSA) is 79.3 Å². The Hall–Kier alpha value is -2.09. The van der Waals surface area contributed by atoms with Crippen molar-refractivity contribution in [2.24, 2.45) is 9.81 Å². The SMILES string of the molecule is O=C1CCCN1c1ccc(OCC23CCC(CC2)N2CCS(=O)(=O)N=C23)cc1.